The monoisotopic (exact) mass is 259 g/mol. The Balaban J connectivity index is 2.57. The third kappa shape index (κ3) is 5.08. The average Bonchev–Trinajstić information content (AvgIpc) is 2.41. The van der Waals surface area contributed by atoms with Crippen molar-refractivity contribution in [2.24, 2.45) is 10.8 Å². The van der Waals surface area contributed by atoms with E-state index in [4.69, 9.17) is 21.1 Å². The molecule has 0 atom stereocenters. The molecule has 0 aliphatic carbocycles. The quantitative estimate of drug-likeness (QED) is 0.301. The molecule has 100 valence electrons. The van der Waals surface area contributed by atoms with Crippen LogP contribution in [0.3, 0.4) is 0 Å². The third-order valence-electron chi connectivity index (χ3n) is 2.28. The minimum atomic E-state index is -0.366. The predicted octanol–water partition coefficient (Wildman–Crippen LogP) is 2.09. The Hall–Kier alpha value is -2.55. The summed E-state index contributed by atoms with van der Waals surface area (Å²) in [4.78, 5) is 0. The number of nitrogens with two attached hydrogens (primary N) is 1. The molecule has 0 saturated carbocycles. The van der Waals surface area contributed by atoms with Gasteiger partial charge in [-0.15, -0.1) is 0 Å². The zero-order chi connectivity index (χ0) is 14.1. The Labute approximate surface area is 112 Å². The molecule has 0 bridgehead atoms. The van der Waals surface area contributed by atoms with E-state index in [2.05, 4.69) is 17.5 Å². The van der Waals surface area contributed by atoms with Gasteiger partial charge in [0.2, 0.25) is 5.71 Å². The van der Waals surface area contributed by atoms with E-state index >= 15 is 0 Å². The van der Waals surface area contributed by atoms with Crippen molar-refractivity contribution < 1.29 is 4.74 Å². The first-order valence-electron chi connectivity index (χ1n) is 5.98. The van der Waals surface area contributed by atoms with E-state index in [9.17, 15) is 0 Å². The lowest BCUT2D eigenvalue weighted by molar-refractivity contribution is 0.309. The van der Waals surface area contributed by atoms with Crippen LogP contribution < -0.4 is 15.9 Å². The summed E-state index contributed by atoms with van der Waals surface area (Å²) >= 11 is 0. The van der Waals surface area contributed by atoms with Gasteiger partial charge in [-0.2, -0.15) is 10.4 Å². The van der Waals surface area contributed by atoms with Crippen LogP contribution >= 0.6 is 0 Å². The van der Waals surface area contributed by atoms with Crippen LogP contribution in [0.1, 0.15) is 19.8 Å². The molecule has 0 aliphatic heterocycles. The van der Waals surface area contributed by atoms with E-state index < -0.39 is 0 Å². The number of rotatable bonds is 7. The van der Waals surface area contributed by atoms with Crippen molar-refractivity contribution in [2.75, 3.05) is 12.0 Å². The van der Waals surface area contributed by atoms with Gasteiger partial charge in [0.15, 0.2) is 5.84 Å². The zero-order valence-corrected chi connectivity index (χ0v) is 10.8. The Bertz CT molecular complexity index is 487. The number of amidine groups is 1. The molecule has 0 saturated heterocycles. The van der Waals surface area contributed by atoms with Crippen LogP contribution in [-0.4, -0.2) is 18.2 Å². The van der Waals surface area contributed by atoms with Crippen LogP contribution in [0.25, 0.3) is 0 Å². The molecule has 6 nitrogen and oxygen atoms in total. The molecule has 0 amide bonds. The van der Waals surface area contributed by atoms with Gasteiger partial charge in [-0.25, -0.2) is 0 Å². The van der Waals surface area contributed by atoms with E-state index in [1.165, 1.54) is 0 Å². The number of nitrogens with one attached hydrogen (secondary N) is 2. The molecule has 0 aliphatic rings. The SMILES string of the molecule is CCCCOc1ccc(N/N=C(\C#N)C(=N)N)cc1. The van der Waals surface area contributed by atoms with Crippen molar-refractivity contribution in [1.82, 2.24) is 0 Å². The van der Waals surface area contributed by atoms with Crippen molar-refractivity contribution in [3.05, 3.63) is 24.3 Å². The fraction of sp³-hybridized carbons (Fsp3) is 0.308. The summed E-state index contributed by atoms with van der Waals surface area (Å²) in [6.45, 7) is 2.81. The van der Waals surface area contributed by atoms with Crippen LogP contribution in [0.4, 0.5) is 5.69 Å². The highest BCUT2D eigenvalue weighted by Gasteiger charge is 2.00. The first-order valence-corrected chi connectivity index (χ1v) is 5.98. The summed E-state index contributed by atoms with van der Waals surface area (Å²) in [5.41, 5.74) is 8.38. The highest BCUT2D eigenvalue weighted by molar-refractivity contribution is 6.45. The number of benzene rings is 1. The molecule has 4 N–H and O–H groups in total. The summed E-state index contributed by atoms with van der Waals surface area (Å²) in [5, 5.41) is 19.5. The van der Waals surface area contributed by atoms with E-state index in [0.717, 1.165) is 18.6 Å². The largest absolute Gasteiger partial charge is 0.494 e. The molecule has 0 fully saturated rings. The summed E-state index contributed by atoms with van der Waals surface area (Å²) in [5.74, 6) is 0.421. The normalized spacial score (nSPS) is 10.6. The smallest absolute Gasteiger partial charge is 0.201 e. The van der Waals surface area contributed by atoms with Gasteiger partial charge in [-0.1, -0.05) is 13.3 Å². The minimum Gasteiger partial charge on any atom is -0.494 e. The Morgan fingerprint density at radius 2 is 2.16 bits per heavy atom. The van der Waals surface area contributed by atoms with Crippen LogP contribution in [0.15, 0.2) is 29.4 Å². The van der Waals surface area contributed by atoms with E-state index in [0.29, 0.717) is 12.3 Å². The fourth-order valence-electron chi connectivity index (χ4n) is 1.23. The second kappa shape index (κ2) is 7.71. The Kier molecular flexibility index (Phi) is 5.89. The molecule has 1 aromatic carbocycles. The molecule has 6 heteroatoms. The maximum Gasteiger partial charge on any atom is 0.201 e. The van der Waals surface area contributed by atoms with Gasteiger partial charge >= 0.3 is 0 Å². The van der Waals surface area contributed by atoms with Crippen molar-refractivity contribution in [2.45, 2.75) is 19.8 Å². The first-order chi connectivity index (χ1) is 9.17. The molecule has 1 aromatic rings. The number of ether oxygens (including phenoxy) is 1. The van der Waals surface area contributed by atoms with Crippen LogP contribution in [0, 0.1) is 16.7 Å². The number of hydrogen-bond donors (Lipinski definition) is 3. The molecule has 1 rings (SSSR count). The lowest BCUT2D eigenvalue weighted by Gasteiger charge is -2.06. The zero-order valence-electron chi connectivity index (χ0n) is 10.8. The number of hydrogen-bond acceptors (Lipinski definition) is 5. The maximum absolute atomic E-state index is 8.68. The molecule has 19 heavy (non-hydrogen) atoms. The molecule has 0 radical (unpaired) electrons. The lowest BCUT2D eigenvalue weighted by atomic mass is 10.3. The molecule has 0 heterocycles. The third-order valence-corrected chi connectivity index (χ3v) is 2.28. The van der Waals surface area contributed by atoms with E-state index in [1.54, 1.807) is 18.2 Å². The van der Waals surface area contributed by atoms with E-state index in [1.807, 2.05) is 12.1 Å². The van der Waals surface area contributed by atoms with Gasteiger partial charge in [0.25, 0.3) is 0 Å². The highest BCUT2D eigenvalue weighted by atomic mass is 16.5. The van der Waals surface area contributed by atoms with Gasteiger partial charge < -0.3 is 10.5 Å². The molecule has 0 spiro atoms. The molecule has 0 unspecified atom stereocenters. The van der Waals surface area contributed by atoms with Gasteiger partial charge in [-0.05, 0) is 30.7 Å². The topological polar surface area (TPSA) is 107 Å². The molecular weight excluding hydrogens is 242 g/mol. The van der Waals surface area contributed by atoms with Crippen molar-refractivity contribution in [3.8, 4) is 11.8 Å². The average molecular weight is 259 g/mol. The maximum atomic E-state index is 8.68. The van der Waals surface area contributed by atoms with Crippen LogP contribution in [0.2, 0.25) is 0 Å². The number of unbranched alkanes of at least 4 members (excludes halogenated alkanes) is 1. The molecule has 0 aromatic heterocycles. The Morgan fingerprint density at radius 3 is 2.68 bits per heavy atom. The van der Waals surface area contributed by atoms with Gasteiger partial charge in [-0.3, -0.25) is 10.8 Å². The van der Waals surface area contributed by atoms with Gasteiger partial charge in [0, 0.05) is 0 Å². The van der Waals surface area contributed by atoms with Gasteiger partial charge in [0.1, 0.15) is 11.8 Å². The first kappa shape index (κ1) is 14.5. The fourth-order valence-corrected chi connectivity index (χ4v) is 1.23. The lowest BCUT2D eigenvalue weighted by Crippen LogP contribution is -2.21. The standard InChI is InChI=1S/C13H17N5O/c1-2-3-8-19-11-6-4-10(5-7-11)17-18-12(9-14)13(15)16/h4-7,17H,2-3,8H2,1H3,(H3,15,16)/b18-12+. The van der Waals surface area contributed by atoms with E-state index in [-0.39, 0.29) is 11.5 Å². The summed E-state index contributed by atoms with van der Waals surface area (Å²) < 4.78 is 5.52. The van der Waals surface area contributed by atoms with Crippen LogP contribution in [-0.2, 0) is 0 Å². The van der Waals surface area contributed by atoms with Gasteiger partial charge in [0.05, 0.1) is 12.3 Å². The number of hydrazone groups is 1. The second-order valence-corrected chi connectivity index (χ2v) is 3.82. The minimum absolute atomic E-state index is 0.150. The van der Waals surface area contributed by atoms with Crippen molar-refractivity contribution in [1.29, 1.82) is 10.7 Å². The molecular formula is C13H17N5O. The van der Waals surface area contributed by atoms with Crippen LogP contribution in [0.5, 0.6) is 5.75 Å². The summed E-state index contributed by atoms with van der Waals surface area (Å²) in [6.07, 6.45) is 2.12. The van der Waals surface area contributed by atoms with Crippen molar-refractivity contribution in [3.63, 3.8) is 0 Å². The summed E-state index contributed by atoms with van der Waals surface area (Å²) in [6, 6.07) is 8.91. The summed E-state index contributed by atoms with van der Waals surface area (Å²) in [7, 11) is 0. The predicted molar refractivity (Wildman–Crippen MR) is 75.4 cm³/mol. The van der Waals surface area contributed by atoms with Crippen molar-refractivity contribution >= 4 is 17.2 Å². The number of anilines is 1. The number of nitriles is 1. The second-order valence-electron chi connectivity index (χ2n) is 3.82. The Morgan fingerprint density at radius 1 is 1.47 bits per heavy atom. The highest BCUT2D eigenvalue weighted by Crippen LogP contribution is 2.15. The number of nitrogens with zero attached hydrogens (tertiary/aromatic N) is 2.